The van der Waals surface area contributed by atoms with Crippen LogP contribution in [0.2, 0.25) is 0 Å². The van der Waals surface area contributed by atoms with Crippen LogP contribution in [-0.4, -0.2) is 21.4 Å². The number of fused-ring (bicyclic) bond motifs is 1. The summed E-state index contributed by atoms with van der Waals surface area (Å²) in [7, 11) is 0. The van der Waals surface area contributed by atoms with Gasteiger partial charge in [0, 0.05) is 12.7 Å². The number of nitrogens with one attached hydrogen (secondary N) is 2. The van der Waals surface area contributed by atoms with Crippen molar-refractivity contribution in [3.05, 3.63) is 60.4 Å². The van der Waals surface area contributed by atoms with Crippen molar-refractivity contribution < 1.29 is 0 Å². The molecule has 5 heteroatoms. The van der Waals surface area contributed by atoms with E-state index >= 15 is 0 Å². The molecule has 1 aromatic heterocycles. The number of nitrogens with zero attached hydrogens (tertiary/aromatic N) is 2. The Hall–Kier alpha value is -2.40. The average Bonchev–Trinajstić information content (AvgIpc) is 3.00. The molecule has 0 spiro atoms. The Kier molecular flexibility index (Phi) is 4.88. The van der Waals surface area contributed by atoms with E-state index < -0.39 is 0 Å². The van der Waals surface area contributed by atoms with E-state index in [1.54, 1.807) is 6.20 Å². The highest BCUT2D eigenvalue weighted by atomic mass is 32.1. The highest BCUT2D eigenvalue weighted by Crippen LogP contribution is 2.19. The fourth-order valence-corrected chi connectivity index (χ4v) is 2.75. The van der Waals surface area contributed by atoms with Crippen molar-refractivity contribution in [2.24, 2.45) is 0 Å². The van der Waals surface area contributed by atoms with Gasteiger partial charge in [0.25, 0.3) is 0 Å². The molecule has 118 valence electrons. The lowest BCUT2D eigenvalue weighted by atomic mass is 10.0. The summed E-state index contributed by atoms with van der Waals surface area (Å²) in [6, 6.07) is 14.8. The van der Waals surface area contributed by atoms with Gasteiger partial charge in [0.15, 0.2) is 5.11 Å². The van der Waals surface area contributed by atoms with Gasteiger partial charge >= 0.3 is 0 Å². The van der Waals surface area contributed by atoms with Crippen LogP contribution >= 0.6 is 12.2 Å². The topological polar surface area (TPSA) is 41.9 Å². The number of thiocarbonyl (C=S) groups is 1. The third-order valence-electron chi connectivity index (χ3n) is 3.64. The Balaban J connectivity index is 1.72. The number of aromatic nitrogens is 2. The van der Waals surface area contributed by atoms with Crippen molar-refractivity contribution in [2.45, 2.75) is 19.9 Å². The number of anilines is 1. The molecule has 4 nitrogen and oxygen atoms in total. The van der Waals surface area contributed by atoms with E-state index in [2.05, 4.69) is 65.1 Å². The maximum atomic E-state index is 5.24. The molecule has 1 heterocycles. The second-order valence-electron chi connectivity index (χ2n) is 5.45. The molecule has 0 unspecified atom stereocenters. The SMILES string of the molecule is CCCNC(=S)Nc1cnn(Cc2cccc3ccccc23)c1. The molecular formula is C18H20N4S. The van der Waals surface area contributed by atoms with Crippen LogP contribution in [0, 0.1) is 0 Å². The van der Waals surface area contributed by atoms with E-state index in [9.17, 15) is 0 Å². The van der Waals surface area contributed by atoms with Gasteiger partial charge in [-0.2, -0.15) is 5.10 Å². The van der Waals surface area contributed by atoms with Crippen LogP contribution in [0.4, 0.5) is 5.69 Å². The third-order valence-corrected chi connectivity index (χ3v) is 3.89. The standard InChI is InChI=1S/C18H20N4S/c1-2-10-19-18(23)21-16-11-20-22(13-16)12-15-8-5-7-14-6-3-4-9-17(14)15/h3-9,11,13H,2,10,12H2,1H3,(H2,19,21,23). The fourth-order valence-electron chi connectivity index (χ4n) is 2.53. The third kappa shape index (κ3) is 3.87. The van der Waals surface area contributed by atoms with E-state index in [-0.39, 0.29) is 0 Å². The maximum Gasteiger partial charge on any atom is 0.170 e. The summed E-state index contributed by atoms with van der Waals surface area (Å²) in [6.07, 6.45) is 4.81. The lowest BCUT2D eigenvalue weighted by Gasteiger charge is -2.08. The Morgan fingerprint density at radius 3 is 2.87 bits per heavy atom. The summed E-state index contributed by atoms with van der Waals surface area (Å²) in [5.41, 5.74) is 2.16. The minimum absolute atomic E-state index is 0.636. The van der Waals surface area contributed by atoms with Gasteiger partial charge < -0.3 is 10.6 Å². The van der Waals surface area contributed by atoms with Gasteiger partial charge in [-0.15, -0.1) is 0 Å². The number of rotatable bonds is 5. The van der Waals surface area contributed by atoms with Gasteiger partial charge in [0.05, 0.1) is 18.4 Å². The number of hydrogen-bond donors (Lipinski definition) is 2. The fraction of sp³-hybridized carbons (Fsp3) is 0.222. The van der Waals surface area contributed by atoms with E-state index in [1.807, 2.05) is 10.9 Å². The second kappa shape index (κ2) is 7.24. The molecule has 0 fully saturated rings. The highest BCUT2D eigenvalue weighted by Gasteiger charge is 2.04. The summed E-state index contributed by atoms with van der Waals surface area (Å²) in [4.78, 5) is 0. The molecule has 2 aromatic carbocycles. The first kappa shape index (κ1) is 15.5. The molecule has 0 aliphatic carbocycles. The molecule has 0 aliphatic heterocycles. The van der Waals surface area contributed by atoms with Crippen LogP contribution in [0.3, 0.4) is 0 Å². The quantitative estimate of drug-likeness (QED) is 0.701. The average molecular weight is 324 g/mol. The first-order chi connectivity index (χ1) is 11.3. The smallest absolute Gasteiger partial charge is 0.170 e. The first-order valence-corrected chi connectivity index (χ1v) is 8.21. The van der Waals surface area contributed by atoms with E-state index in [1.165, 1.54) is 16.3 Å². The van der Waals surface area contributed by atoms with Crippen LogP contribution in [0.5, 0.6) is 0 Å². The molecule has 0 atom stereocenters. The lowest BCUT2D eigenvalue weighted by Crippen LogP contribution is -2.28. The van der Waals surface area contributed by atoms with Crippen LogP contribution in [0.25, 0.3) is 10.8 Å². The van der Waals surface area contributed by atoms with Crippen LogP contribution < -0.4 is 10.6 Å². The van der Waals surface area contributed by atoms with Crippen molar-refractivity contribution in [3.8, 4) is 0 Å². The van der Waals surface area contributed by atoms with Gasteiger partial charge in [-0.05, 0) is 35.0 Å². The Bertz CT molecular complexity index is 804. The molecule has 3 rings (SSSR count). The molecule has 0 bridgehead atoms. The minimum Gasteiger partial charge on any atom is -0.362 e. The zero-order valence-electron chi connectivity index (χ0n) is 13.1. The normalized spacial score (nSPS) is 10.7. The summed E-state index contributed by atoms with van der Waals surface area (Å²) in [5.74, 6) is 0. The van der Waals surface area contributed by atoms with Crippen LogP contribution in [0.1, 0.15) is 18.9 Å². The van der Waals surface area contributed by atoms with Gasteiger partial charge in [-0.25, -0.2) is 0 Å². The Labute approximate surface area is 141 Å². The van der Waals surface area contributed by atoms with Gasteiger partial charge in [0.1, 0.15) is 0 Å². The molecule has 3 aromatic rings. The van der Waals surface area contributed by atoms with Gasteiger partial charge in [0.2, 0.25) is 0 Å². The van der Waals surface area contributed by atoms with Crippen molar-refractivity contribution in [3.63, 3.8) is 0 Å². The van der Waals surface area contributed by atoms with Gasteiger partial charge in [-0.3, -0.25) is 4.68 Å². The highest BCUT2D eigenvalue weighted by molar-refractivity contribution is 7.80. The zero-order valence-corrected chi connectivity index (χ0v) is 13.9. The summed E-state index contributed by atoms with van der Waals surface area (Å²) < 4.78 is 1.92. The lowest BCUT2D eigenvalue weighted by molar-refractivity contribution is 0.690. The molecule has 0 aliphatic rings. The molecule has 0 saturated carbocycles. The summed E-state index contributed by atoms with van der Waals surface area (Å²) in [5, 5.41) is 13.9. The minimum atomic E-state index is 0.636. The Morgan fingerprint density at radius 2 is 2.00 bits per heavy atom. The summed E-state index contributed by atoms with van der Waals surface area (Å²) >= 11 is 5.24. The van der Waals surface area contributed by atoms with E-state index in [4.69, 9.17) is 12.2 Å². The molecule has 23 heavy (non-hydrogen) atoms. The van der Waals surface area contributed by atoms with E-state index in [0.29, 0.717) is 5.11 Å². The monoisotopic (exact) mass is 324 g/mol. The molecule has 0 radical (unpaired) electrons. The first-order valence-electron chi connectivity index (χ1n) is 7.80. The van der Waals surface area contributed by atoms with Gasteiger partial charge in [-0.1, -0.05) is 49.4 Å². The number of hydrogen-bond acceptors (Lipinski definition) is 2. The van der Waals surface area contributed by atoms with Crippen LogP contribution in [0.15, 0.2) is 54.9 Å². The second-order valence-corrected chi connectivity index (χ2v) is 5.85. The molecule has 0 amide bonds. The van der Waals surface area contributed by atoms with Crippen molar-refractivity contribution in [1.82, 2.24) is 15.1 Å². The Morgan fingerprint density at radius 1 is 1.17 bits per heavy atom. The van der Waals surface area contributed by atoms with Crippen molar-refractivity contribution in [1.29, 1.82) is 0 Å². The molecule has 0 saturated heterocycles. The predicted octanol–water partition coefficient (Wildman–Crippen LogP) is 3.78. The molecule has 2 N–H and O–H groups in total. The van der Waals surface area contributed by atoms with Crippen molar-refractivity contribution in [2.75, 3.05) is 11.9 Å². The predicted molar refractivity (Wildman–Crippen MR) is 99.8 cm³/mol. The van der Waals surface area contributed by atoms with E-state index in [0.717, 1.165) is 25.2 Å². The summed E-state index contributed by atoms with van der Waals surface area (Å²) in [6.45, 7) is 3.71. The maximum absolute atomic E-state index is 5.24. The van der Waals surface area contributed by atoms with Crippen LogP contribution in [-0.2, 0) is 6.54 Å². The van der Waals surface area contributed by atoms with Crippen molar-refractivity contribution >= 4 is 33.8 Å². The largest absolute Gasteiger partial charge is 0.362 e. The zero-order chi connectivity index (χ0) is 16.1. The number of benzene rings is 2. The molecular weight excluding hydrogens is 304 g/mol.